The minimum atomic E-state index is -0.520. The van der Waals surface area contributed by atoms with E-state index in [0.29, 0.717) is 6.42 Å². The minimum Gasteiger partial charge on any atom is -0.345 e. The van der Waals surface area contributed by atoms with Crippen molar-refractivity contribution in [2.45, 2.75) is 26.8 Å². The van der Waals surface area contributed by atoms with Gasteiger partial charge in [-0.2, -0.15) is 10.2 Å². The number of nitrogens with one attached hydrogen (secondary N) is 3. The van der Waals surface area contributed by atoms with E-state index in [2.05, 4.69) is 30.9 Å². The van der Waals surface area contributed by atoms with E-state index >= 15 is 0 Å². The number of urea groups is 1. The van der Waals surface area contributed by atoms with Crippen molar-refractivity contribution in [3.05, 3.63) is 65.4 Å². The van der Waals surface area contributed by atoms with Crippen LogP contribution in [0.4, 0.5) is 15.0 Å². The van der Waals surface area contributed by atoms with Gasteiger partial charge in [0.2, 0.25) is 0 Å². The third-order valence-corrected chi connectivity index (χ3v) is 4.57. The number of H-pyrrole nitrogens is 1. The molecule has 0 saturated heterocycles. The minimum absolute atomic E-state index is 0.177. The molecule has 162 valence electrons. The average molecular weight is 425 g/mol. The summed E-state index contributed by atoms with van der Waals surface area (Å²) in [4.78, 5) is 29.0. The van der Waals surface area contributed by atoms with Crippen LogP contribution < -0.4 is 10.6 Å². The lowest BCUT2D eigenvalue weighted by atomic mass is 9.95. The third-order valence-electron chi connectivity index (χ3n) is 4.57. The molecule has 0 bridgehead atoms. The van der Waals surface area contributed by atoms with E-state index in [1.165, 1.54) is 23.4 Å². The van der Waals surface area contributed by atoms with Gasteiger partial charge in [-0.25, -0.2) is 14.2 Å². The molecule has 1 aliphatic rings. The van der Waals surface area contributed by atoms with Crippen molar-refractivity contribution in [3.8, 4) is 0 Å². The van der Waals surface area contributed by atoms with Crippen molar-refractivity contribution in [2.75, 3.05) is 11.9 Å². The van der Waals surface area contributed by atoms with Gasteiger partial charge in [-0.1, -0.05) is 19.1 Å². The standard InChI is InChI=1S/C21H24FN7O2/c1-3-25-29(13-15-7-8-17(22)14(2)10-15)21(31)26-19-11-18(27-28-19)20(30)24-12-16-6-4-5-9-23-16/h3-9,11,14H,10,12-13H2,1-2H3,(H,24,30)(H2,26,27,28,31). The van der Waals surface area contributed by atoms with Gasteiger partial charge in [0, 0.05) is 24.4 Å². The van der Waals surface area contributed by atoms with Gasteiger partial charge in [-0.3, -0.25) is 20.2 Å². The molecule has 0 fully saturated rings. The Kier molecular flexibility index (Phi) is 7.26. The van der Waals surface area contributed by atoms with E-state index in [1.54, 1.807) is 38.3 Å². The number of hydrazone groups is 1. The van der Waals surface area contributed by atoms with Crippen LogP contribution in [-0.2, 0) is 6.54 Å². The molecule has 0 radical (unpaired) electrons. The second-order valence-electron chi connectivity index (χ2n) is 7.01. The first-order valence-electron chi connectivity index (χ1n) is 9.82. The summed E-state index contributed by atoms with van der Waals surface area (Å²) in [5.41, 5.74) is 1.80. The molecule has 2 heterocycles. The highest BCUT2D eigenvalue weighted by molar-refractivity contribution is 5.95. The van der Waals surface area contributed by atoms with E-state index < -0.39 is 6.03 Å². The van der Waals surface area contributed by atoms with Crippen LogP contribution in [0.25, 0.3) is 0 Å². The summed E-state index contributed by atoms with van der Waals surface area (Å²) >= 11 is 0. The molecule has 2 aromatic rings. The third kappa shape index (κ3) is 6.08. The molecule has 0 saturated carbocycles. The number of carbonyl (C=O) groups excluding carboxylic acids is 2. The van der Waals surface area contributed by atoms with Crippen LogP contribution in [0.15, 0.2) is 59.1 Å². The number of carbonyl (C=O) groups is 2. The van der Waals surface area contributed by atoms with Crippen LogP contribution >= 0.6 is 0 Å². The summed E-state index contributed by atoms with van der Waals surface area (Å²) in [5, 5.41) is 17.2. The Morgan fingerprint density at radius 2 is 2.23 bits per heavy atom. The zero-order valence-corrected chi connectivity index (χ0v) is 17.3. The molecule has 1 aliphatic carbocycles. The van der Waals surface area contributed by atoms with Gasteiger partial charge in [0.25, 0.3) is 5.91 Å². The molecular formula is C21H24FN7O2. The molecule has 1 atom stereocenters. The molecule has 9 nitrogen and oxygen atoms in total. The van der Waals surface area contributed by atoms with Crippen molar-refractivity contribution in [1.82, 2.24) is 25.5 Å². The number of aromatic amines is 1. The molecule has 3 rings (SSSR count). The van der Waals surface area contributed by atoms with Gasteiger partial charge in [0.05, 0.1) is 18.8 Å². The first kappa shape index (κ1) is 21.9. The number of aromatic nitrogens is 3. The first-order chi connectivity index (χ1) is 15.0. The van der Waals surface area contributed by atoms with Gasteiger partial charge in [0.15, 0.2) is 5.82 Å². The topological polar surface area (TPSA) is 115 Å². The fourth-order valence-electron chi connectivity index (χ4n) is 2.98. The molecule has 31 heavy (non-hydrogen) atoms. The first-order valence-corrected chi connectivity index (χ1v) is 9.82. The van der Waals surface area contributed by atoms with Crippen LogP contribution in [0.5, 0.6) is 0 Å². The summed E-state index contributed by atoms with van der Waals surface area (Å²) in [6.45, 7) is 3.96. The monoisotopic (exact) mass is 425 g/mol. The Morgan fingerprint density at radius 3 is 2.94 bits per heavy atom. The molecule has 3 N–H and O–H groups in total. The maximum Gasteiger partial charge on any atom is 0.343 e. The second-order valence-corrected chi connectivity index (χ2v) is 7.01. The number of hydrogen-bond acceptors (Lipinski definition) is 5. The summed E-state index contributed by atoms with van der Waals surface area (Å²) in [6, 6.07) is 6.34. The Balaban J connectivity index is 1.58. The second kappa shape index (κ2) is 10.3. The highest BCUT2D eigenvalue weighted by Gasteiger charge is 2.20. The lowest BCUT2D eigenvalue weighted by Gasteiger charge is -2.22. The Hall–Kier alpha value is -3.82. The predicted octanol–water partition coefficient (Wildman–Crippen LogP) is 3.39. The number of allylic oxidation sites excluding steroid dienone is 3. The van der Waals surface area contributed by atoms with Gasteiger partial charge >= 0.3 is 6.03 Å². The number of hydrogen-bond donors (Lipinski definition) is 3. The Bertz CT molecular complexity index is 1010. The van der Waals surface area contributed by atoms with E-state index in [9.17, 15) is 14.0 Å². The van der Waals surface area contributed by atoms with Crippen molar-refractivity contribution >= 4 is 24.0 Å². The lowest BCUT2D eigenvalue weighted by molar-refractivity contribution is 0.0945. The van der Waals surface area contributed by atoms with E-state index in [-0.39, 0.29) is 42.3 Å². The maximum atomic E-state index is 13.5. The fraction of sp³-hybridized carbons (Fsp3) is 0.286. The summed E-state index contributed by atoms with van der Waals surface area (Å²) in [7, 11) is 0. The molecule has 10 heteroatoms. The van der Waals surface area contributed by atoms with Crippen LogP contribution in [0.2, 0.25) is 0 Å². The zero-order chi connectivity index (χ0) is 22.2. The largest absolute Gasteiger partial charge is 0.345 e. The lowest BCUT2D eigenvalue weighted by Crippen LogP contribution is -2.33. The summed E-state index contributed by atoms with van der Waals surface area (Å²) in [5.74, 6) is -0.600. The molecule has 3 amide bonds. The van der Waals surface area contributed by atoms with Crippen LogP contribution in [0.3, 0.4) is 0 Å². The van der Waals surface area contributed by atoms with Gasteiger partial charge in [-0.05, 0) is 37.1 Å². The van der Waals surface area contributed by atoms with E-state index in [1.807, 2.05) is 6.07 Å². The van der Waals surface area contributed by atoms with Crippen LogP contribution in [0, 0.1) is 5.92 Å². The Morgan fingerprint density at radius 1 is 1.39 bits per heavy atom. The number of nitrogens with zero attached hydrogens (tertiary/aromatic N) is 4. The smallest absolute Gasteiger partial charge is 0.343 e. The number of amides is 3. The fourth-order valence-corrected chi connectivity index (χ4v) is 2.98. The number of halogens is 1. The number of rotatable bonds is 7. The van der Waals surface area contributed by atoms with E-state index in [4.69, 9.17) is 0 Å². The predicted molar refractivity (Wildman–Crippen MR) is 115 cm³/mol. The van der Waals surface area contributed by atoms with Gasteiger partial charge in [0.1, 0.15) is 11.5 Å². The molecule has 0 aliphatic heterocycles. The van der Waals surface area contributed by atoms with Crippen molar-refractivity contribution in [1.29, 1.82) is 0 Å². The van der Waals surface area contributed by atoms with Crippen molar-refractivity contribution in [3.63, 3.8) is 0 Å². The van der Waals surface area contributed by atoms with Crippen LogP contribution in [0.1, 0.15) is 36.5 Å². The number of anilines is 1. The zero-order valence-electron chi connectivity index (χ0n) is 17.3. The summed E-state index contributed by atoms with van der Waals surface area (Å²) in [6.07, 6.45) is 6.73. The SMILES string of the molecule is CC=NN(CC1=CC=C(F)C(C)C1)C(=O)Nc1cc(C(=O)NCc2ccccn2)[nH]n1. The van der Waals surface area contributed by atoms with Gasteiger partial charge < -0.3 is 5.32 Å². The van der Waals surface area contributed by atoms with Crippen molar-refractivity contribution < 1.29 is 14.0 Å². The quantitative estimate of drug-likeness (QED) is 0.466. The van der Waals surface area contributed by atoms with Crippen molar-refractivity contribution in [2.24, 2.45) is 11.0 Å². The molecule has 0 spiro atoms. The molecule has 1 unspecified atom stereocenters. The van der Waals surface area contributed by atoms with E-state index in [0.717, 1.165) is 11.3 Å². The average Bonchev–Trinajstić information content (AvgIpc) is 3.23. The highest BCUT2D eigenvalue weighted by Crippen LogP contribution is 2.26. The normalized spacial score (nSPS) is 15.9. The highest BCUT2D eigenvalue weighted by atomic mass is 19.1. The number of pyridine rings is 1. The Labute approximate surface area is 179 Å². The summed E-state index contributed by atoms with van der Waals surface area (Å²) < 4.78 is 13.5. The van der Waals surface area contributed by atoms with Crippen LogP contribution in [-0.4, -0.2) is 44.9 Å². The molecule has 2 aromatic heterocycles. The molecule has 0 aromatic carbocycles. The maximum absolute atomic E-state index is 13.5. The van der Waals surface area contributed by atoms with Gasteiger partial charge in [-0.15, -0.1) is 0 Å². The molecular weight excluding hydrogens is 401 g/mol.